The highest BCUT2D eigenvalue weighted by atomic mass is 16.4. The third kappa shape index (κ3) is 2.92. The molecule has 3 N–H and O–H groups in total. The molecule has 0 aliphatic carbocycles. The topological polar surface area (TPSA) is 83.6 Å². The molecule has 0 radical (unpaired) electrons. The average Bonchev–Trinajstić information content (AvgIpc) is 2.66. The van der Waals surface area contributed by atoms with Crippen LogP contribution in [0.2, 0.25) is 0 Å². The lowest BCUT2D eigenvalue weighted by molar-refractivity contribution is -0.142. The minimum Gasteiger partial charge on any atom is -0.480 e. The number of aryl methyl sites for hydroxylation is 1. The molecule has 5 heteroatoms. The summed E-state index contributed by atoms with van der Waals surface area (Å²) in [6, 6.07) is 4.51. The number of benzene rings is 1. The lowest BCUT2D eigenvalue weighted by atomic mass is 10.1. The summed E-state index contributed by atoms with van der Waals surface area (Å²) in [5.41, 5.74) is 7.60. The number of nitrogen functional groups attached to an aromatic ring is 1. The number of carbonyl (C=O) groups is 2. The highest BCUT2D eigenvalue weighted by Crippen LogP contribution is 2.22. The quantitative estimate of drug-likeness (QED) is 0.810. The summed E-state index contributed by atoms with van der Waals surface area (Å²) in [7, 11) is 0. The summed E-state index contributed by atoms with van der Waals surface area (Å²) in [5.74, 6) is -1.22. The first-order valence-corrected chi connectivity index (χ1v) is 6.90. The molecule has 1 fully saturated rings. The minimum atomic E-state index is -0.938. The first-order chi connectivity index (χ1) is 9.50. The normalized spacial score (nSPS) is 19.4. The number of nitrogens with two attached hydrogens (primary N) is 1. The maximum absolute atomic E-state index is 12.6. The number of hydrogen-bond donors (Lipinski definition) is 2. The Balaban J connectivity index is 2.33. The smallest absolute Gasteiger partial charge is 0.326 e. The molecule has 0 saturated carbocycles. The Bertz CT molecular complexity index is 528. The average molecular weight is 276 g/mol. The van der Waals surface area contributed by atoms with Crippen LogP contribution in [0.15, 0.2) is 18.2 Å². The van der Waals surface area contributed by atoms with Gasteiger partial charge < -0.3 is 15.7 Å². The van der Waals surface area contributed by atoms with Crippen LogP contribution in [0.5, 0.6) is 0 Å². The van der Waals surface area contributed by atoms with Gasteiger partial charge >= 0.3 is 5.97 Å². The molecule has 1 saturated heterocycles. The van der Waals surface area contributed by atoms with E-state index in [1.165, 1.54) is 4.90 Å². The lowest BCUT2D eigenvalue weighted by Crippen LogP contribution is -2.44. The van der Waals surface area contributed by atoms with Crippen LogP contribution < -0.4 is 5.73 Å². The Labute approximate surface area is 118 Å². The van der Waals surface area contributed by atoms with E-state index in [0.29, 0.717) is 24.2 Å². The summed E-state index contributed by atoms with van der Waals surface area (Å²) in [6.07, 6.45) is 3.13. The molecular weight excluding hydrogens is 256 g/mol. The Morgan fingerprint density at radius 1 is 1.30 bits per heavy atom. The summed E-state index contributed by atoms with van der Waals surface area (Å²) < 4.78 is 0. The molecule has 20 heavy (non-hydrogen) atoms. The molecule has 5 nitrogen and oxygen atoms in total. The van der Waals surface area contributed by atoms with Gasteiger partial charge in [0, 0.05) is 12.2 Å². The zero-order valence-electron chi connectivity index (χ0n) is 11.6. The van der Waals surface area contributed by atoms with Crippen molar-refractivity contribution < 1.29 is 14.7 Å². The number of amides is 1. The van der Waals surface area contributed by atoms with Crippen molar-refractivity contribution in [3.8, 4) is 0 Å². The molecule has 2 rings (SSSR count). The van der Waals surface area contributed by atoms with Crippen LogP contribution in [0.25, 0.3) is 0 Å². The van der Waals surface area contributed by atoms with Gasteiger partial charge in [0.25, 0.3) is 5.91 Å². The summed E-state index contributed by atoms with van der Waals surface area (Å²) in [5, 5.41) is 9.33. The number of carboxylic acid groups (broad SMARTS) is 1. The number of likely N-dealkylation sites (tertiary alicyclic amines) is 1. The highest BCUT2D eigenvalue weighted by molar-refractivity contribution is 6.01. The number of carboxylic acids is 1. The van der Waals surface area contributed by atoms with Crippen molar-refractivity contribution in [1.82, 2.24) is 4.90 Å². The van der Waals surface area contributed by atoms with E-state index < -0.39 is 12.0 Å². The summed E-state index contributed by atoms with van der Waals surface area (Å²) in [6.45, 7) is 2.36. The van der Waals surface area contributed by atoms with Crippen molar-refractivity contribution in [2.75, 3.05) is 12.3 Å². The number of aliphatic carboxylic acids is 1. The first-order valence-electron chi connectivity index (χ1n) is 6.90. The molecular formula is C15H20N2O3. The van der Waals surface area contributed by atoms with E-state index >= 15 is 0 Å². The zero-order valence-corrected chi connectivity index (χ0v) is 11.6. The monoisotopic (exact) mass is 276 g/mol. The maximum atomic E-state index is 12.6. The third-order valence-electron chi connectivity index (χ3n) is 3.74. The number of hydrogen-bond acceptors (Lipinski definition) is 3. The number of carbonyl (C=O) groups excluding carboxylic acids is 1. The van der Waals surface area contributed by atoms with Gasteiger partial charge in [-0.3, -0.25) is 4.79 Å². The third-order valence-corrected chi connectivity index (χ3v) is 3.74. The van der Waals surface area contributed by atoms with E-state index in [0.717, 1.165) is 24.8 Å². The maximum Gasteiger partial charge on any atom is 0.326 e. The largest absolute Gasteiger partial charge is 0.480 e. The second-order valence-corrected chi connectivity index (χ2v) is 5.29. The molecule has 1 heterocycles. The van der Waals surface area contributed by atoms with Crippen molar-refractivity contribution in [1.29, 1.82) is 0 Å². The molecule has 0 aromatic heterocycles. The van der Waals surface area contributed by atoms with Crippen LogP contribution >= 0.6 is 0 Å². The van der Waals surface area contributed by atoms with Crippen molar-refractivity contribution in [3.63, 3.8) is 0 Å². The highest BCUT2D eigenvalue weighted by Gasteiger charge is 2.31. The van der Waals surface area contributed by atoms with Gasteiger partial charge in [-0.2, -0.15) is 0 Å². The Morgan fingerprint density at radius 2 is 2.05 bits per heavy atom. The molecule has 1 unspecified atom stereocenters. The summed E-state index contributed by atoms with van der Waals surface area (Å²) in [4.78, 5) is 25.5. The van der Waals surface area contributed by atoms with E-state index in [1.54, 1.807) is 12.1 Å². The Hall–Kier alpha value is -2.04. The molecule has 1 atom stereocenters. The predicted octanol–water partition coefficient (Wildman–Crippen LogP) is 2.05. The van der Waals surface area contributed by atoms with Crippen molar-refractivity contribution in [3.05, 3.63) is 29.3 Å². The van der Waals surface area contributed by atoms with Gasteiger partial charge in [-0.15, -0.1) is 0 Å². The Kier molecular flexibility index (Phi) is 4.27. The van der Waals surface area contributed by atoms with Crippen molar-refractivity contribution >= 4 is 17.6 Å². The van der Waals surface area contributed by atoms with Crippen LogP contribution in [0.3, 0.4) is 0 Å². The fourth-order valence-corrected chi connectivity index (χ4v) is 2.62. The number of anilines is 1. The summed E-state index contributed by atoms with van der Waals surface area (Å²) >= 11 is 0. The van der Waals surface area contributed by atoms with Crippen LogP contribution in [0.4, 0.5) is 5.69 Å². The van der Waals surface area contributed by atoms with E-state index in [2.05, 4.69) is 0 Å². The van der Waals surface area contributed by atoms with Gasteiger partial charge in [0.2, 0.25) is 0 Å². The van der Waals surface area contributed by atoms with Crippen LogP contribution in [-0.4, -0.2) is 34.5 Å². The molecule has 0 bridgehead atoms. The molecule has 1 amide bonds. The van der Waals surface area contributed by atoms with Crippen molar-refractivity contribution in [2.45, 2.75) is 38.6 Å². The minimum absolute atomic E-state index is 0.277. The second kappa shape index (κ2) is 5.94. The predicted molar refractivity (Wildman–Crippen MR) is 76.5 cm³/mol. The molecule has 108 valence electrons. The zero-order chi connectivity index (χ0) is 14.7. The fraction of sp³-hybridized carbons (Fsp3) is 0.467. The van der Waals surface area contributed by atoms with Gasteiger partial charge in [0.15, 0.2) is 0 Å². The molecule has 0 spiro atoms. The van der Waals surface area contributed by atoms with Gasteiger partial charge in [0.05, 0.1) is 5.56 Å². The molecule has 1 aromatic rings. The molecule has 1 aromatic carbocycles. The SMILES string of the molecule is Cc1ccc(N)c(C(=O)N2CCCCCC2C(=O)O)c1. The van der Waals surface area contributed by atoms with Gasteiger partial charge in [-0.05, 0) is 31.9 Å². The van der Waals surface area contributed by atoms with Gasteiger partial charge in [-0.25, -0.2) is 4.79 Å². The van der Waals surface area contributed by atoms with Crippen molar-refractivity contribution in [2.24, 2.45) is 0 Å². The van der Waals surface area contributed by atoms with E-state index in [9.17, 15) is 14.7 Å². The first kappa shape index (κ1) is 14.4. The van der Waals surface area contributed by atoms with Crippen LogP contribution in [0.1, 0.15) is 41.6 Å². The van der Waals surface area contributed by atoms with Gasteiger partial charge in [0.1, 0.15) is 6.04 Å². The van der Waals surface area contributed by atoms with Crippen LogP contribution in [0, 0.1) is 6.92 Å². The standard InChI is InChI=1S/C15H20N2O3/c1-10-6-7-12(16)11(9-10)14(18)17-8-4-2-3-5-13(17)15(19)20/h6-7,9,13H,2-5,8,16H2,1H3,(H,19,20). The van der Waals surface area contributed by atoms with Gasteiger partial charge in [-0.1, -0.05) is 24.5 Å². The molecule has 1 aliphatic heterocycles. The second-order valence-electron chi connectivity index (χ2n) is 5.29. The van der Waals surface area contributed by atoms with E-state index in [1.807, 2.05) is 13.0 Å². The Morgan fingerprint density at radius 3 is 2.75 bits per heavy atom. The van der Waals surface area contributed by atoms with E-state index in [-0.39, 0.29) is 5.91 Å². The van der Waals surface area contributed by atoms with Crippen LogP contribution in [-0.2, 0) is 4.79 Å². The number of nitrogens with zero attached hydrogens (tertiary/aromatic N) is 1. The molecule has 1 aliphatic rings. The number of rotatable bonds is 2. The lowest BCUT2D eigenvalue weighted by Gasteiger charge is -2.27. The fourth-order valence-electron chi connectivity index (χ4n) is 2.62. The van der Waals surface area contributed by atoms with E-state index in [4.69, 9.17) is 5.73 Å².